The van der Waals surface area contributed by atoms with Gasteiger partial charge in [0.2, 0.25) is 0 Å². The number of pyridine rings is 1. The fourth-order valence-corrected chi connectivity index (χ4v) is 3.57. The van der Waals surface area contributed by atoms with E-state index in [-0.39, 0.29) is 5.56 Å². The van der Waals surface area contributed by atoms with Crippen LogP contribution in [-0.4, -0.2) is 14.8 Å². The second kappa shape index (κ2) is 7.43. The van der Waals surface area contributed by atoms with Crippen LogP contribution in [0.25, 0.3) is 22.3 Å². The molecule has 6 heteroatoms. The second-order valence-corrected chi connectivity index (χ2v) is 7.75. The molecule has 142 valence electrons. The lowest BCUT2D eigenvalue weighted by Gasteiger charge is -2.09. The van der Waals surface area contributed by atoms with Crippen molar-refractivity contribution in [1.82, 2.24) is 14.8 Å². The van der Waals surface area contributed by atoms with Gasteiger partial charge in [0.25, 0.3) is 6.43 Å². The van der Waals surface area contributed by atoms with E-state index in [1.165, 1.54) is 11.6 Å². The fraction of sp³-hybridized carbons (Fsp3) is 0.182. The first-order valence-corrected chi connectivity index (χ1v) is 9.69. The zero-order chi connectivity index (χ0) is 19.8. The number of alkyl halides is 2. The molecule has 0 amide bonds. The van der Waals surface area contributed by atoms with Crippen molar-refractivity contribution in [2.45, 2.75) is 26.8 Å². The average Bonchev–Trinajstić information content (AvgIpc) is 2.99. The summed E-state index contributed by atoms with van der Waals surface area (Å²) in [7, 11) is 0. The Morgan fingerprint density at radius 1 is 1.00 bits per heavy atom. The summed E-state index contributed by atoms with van der Waals surface area (Å²) >= 11 is 3.40. The molecule has 0 saturated heterocycles. The number of aryl methyl sites for hydroxylation is 2. The molecule has 0 atom stereocenters. The summed E-state index contributed by atoms with van der Waals surface area (Å²) in [6.45, 7) is 4.25. The van der Waals surface area contributed by atoms with E-state index in [0.717, 1.165) is 15.6 Å². The van der Waals surface area contributed by atoms with Crippen LogP contribution in [0.5, 0.6) is 0 Å². The minimum absolute atomic E-state index is 0.0319. The summed E-state index contributed by atoms with van der Waals surface area (Å²) in [5, 5.41) is 4.95. The Balaban J connectivity index is 1.89. The quantitative estimate of drug-likeness (QED) is 0.363. The zero-order valence-corrected chi connectivity index (χ0v) is 17.0. The van der Waals surface area contributed by atoms with E-state index in [1.807, 2.05) is 55.5 Å². The van der Waals surface area contributed by atoms with Crippen LogP contribution in [-0.2, 0) is 6.54 Å². The van der Waals surface area contributed by atoms with E-state index in [2.05, 4.69) is 21.0 Å². The first-order chi connectivity index (χ1) is 13.4. The van der Waals surface area contributed by atoms with E-state index >= 15 is 0 Å². The maximum atomic E-state index is 13.8. The Labute approximate surface area is 170 Å². The standard InChI is InChI=1S/C22H18BrF2N3/c1-13-3-5-15(6-4-13)12-28-22-20(14(2)27-28)18(21(24)25)11-19(26-22)16-7-9-17(23)10-8-16/h3-11,21H,12H2,1-2H3. The van der Waals surface area contributed by atoms with Crippen molar-refractivity contribution in [2.24, 2.45) is 0 Å². The lowest BCUT2D eigenvalue weighted by molar-refractivity contribution is 0.153. The van der Waals surface area contributed by atoms with Gasteiger partial charge in [0.15, 0.2) is 5.65 Å². The smallest absolute Gasteiger partial charge is 0.243 e. The molecule has 0 unspecified atom stereocenters. The number of hydrogen-bond donors (Lipinski definition) is 0. The van der Waals surface area contributed by atoms with Gasteiger partial charge in [0.05, 0.1) is 23.3 Å². The fourth-order valence-electron chi connectivity index (χ4n) is 3.30. The Kier molecular flexibility index (Phi) is 4.98. The lowest BCUT2D eigenvalue weighted by atomic mass is 10.1. The number of halogens is 3. The van der Waals surface area contributed by atoms with Gasteiger partial charge >= 0.3 is 0 Å². The van der Waals surface area contributed by atoms with Gasteiger partial charge in [-0.3, -0.25) is 0 Å². The van der Waals surface area contributed by atoms with Gasteiger partial charge in [-0.2, -0.15) is 5.10 Å². The third kappa shape index (κ3) is 3.56. The number of rotatable bonds is 4. The number of benzene rings is 2. The molecule has 0 N–H and O–H groups in total. The SMILES string of the molecule is Cc1ccc(Cn2nc(C)c3c(C(F)F)cc(-c4ccc(Br)cc4)nc32)cc1. The maximum Gasteiger partial charge on any atom is 0.264 e. The minimum Gasteiger partial charge on any atom is -0.243 e. The predicted molar refractivity (Wildman–Crippen MR) is 111 cm³/mol. The van der Waals surface area contributed by atoms with Crippen LogP contribution in [0.1, 0.15) is 28.8 Å². The van der Waals surface area contributed by atoms with E-state index in [4.69, 9.17) is 4.98 Å². The summed E-state index contributed by atoms with van der Waals surface area (Å²) in [5.41, 5.74) is 4.52. The van der Waals surface area contributed by atoms with Gasteiger partial charge in [-0.25, -0.2) is 18.4 Å². The van der Waals surface area contributed by atoms with Gasteiger partial charge in [-0.1, -0.05) is 57.9 Å². The van der Waals surface area contributed by atoms with Crippen molar-refractivity contribution in [1.29, 1.82) is 0 Å². The van der Waals surface area contributed by atoms with Gasteiger partial charge in [0.1, 0.15) is 0 Å². The third-order valence-corrected chi connectivity index (χ3v) is 5.26. The van der Waals surface area contributed by atoms with Gasteiger partial charge in [0, 0.05) is 15.6 Å². The van der Waals surface area contributed by atoms with Gasteiger partial charge in [-0.05, 0) is 37.6 Å². The van der Waals surface area contributed by atoms with Crippen LogP contribution < -0.4 is 0 Å². The van der Waals surface area contributed by atoms with Crippen LogP contribution in [0, 0.1) is 13.8 Å². The van der Waals surface area contributed by atoms with Gasteiger partial charge in [-0.15, -0.1) is 0 Å². The van der Waals surface area contributed by atoms with Crippen molar-refractivity contribution in [2.75, 3.05) is 0 Å². The van der Waals surface area contributed by atoms with E-state index in [1.54, 1.807) is 11.6 Å². The summed E-state index contributed by atoms with van der Waals surface area (Å²) in [5.74, 6) is 0. The highest BCUT2D eigenvalue weighted by atomic mass is 79.9. The number of nitrogens with zero attached hydrogens (tertiary/aromatic N) is 3. The first kappa shape index (κ1) is 18.7. The molecule has 0 fully saturated rings. The number of aromatic nitrogens is 3. The molecule has 0 radical (unpaired) electrons. The molecule has 0 saturated carbocycles. The normalized spacial score (nSPS) is 11.5. The topological polar surface area (TPSA) is 30.7 Å². The summed E-state index contributed by atoms with van der Waals surface area (Å²) in [4.78, 5) is 4.70. The molecule has 2 aromatic carbocycles. The molecule has 3 nitrogen and oxygen atoms in total. The highest BCUT2D eigenvalue weighted by molar-refractivity contribution is 9.10. The molecule has 0 bridgehead atoms. The highest BCUT2D eigenvalue weighted by Gasteiger charge is 2.21. The monoisotopic (exact) mass is 441 g/mol. The molecular weight excluding hydrogens is 424 g/mol. The molecular formula is C22H18BrF2N3. The molecule has 4 aromatic rings. The van der Waals surface area contributed by atoms with Crippen LogP contribution in [0.15, 0.2) is 59.1 Å². The van der Waals surface area contributed by atoms with Crippen molar-refractivity contribution in [3.8, 4) is 11.3 Å². The molecule has 2 heterocycles. The molecule has 0 aliphatic carbocycles. The molecule has 28 heavy (non-hydrogen) atoms. The van der Waals surface area contributed by atoms with Crippen LogP contribution in [0.3, 0.4) is 0 Å². The van der Waals surface area contributed by atoms with Gasteiger partial charge < -0.3 is 0 Å². The Hall–Kier alpha value is -2.60. The summed E-state index contributed by atoms with van der Waals surface area (Å²) < 4.78 is 30.3. The van der Waals surface area contributed by atoms with Crippen LogP contribution >= 0.6 is 15.9 Å². The lowest BCUT2D eigenvalue weighted by Crippen LogP contribution is -2.04. The number of hydrogen-bond acceptors (Lipinski definition) is 2. The van der Waals surface area contributed by atoms with Crippen LogP contribution in [0.2, 0.25) is 0 Å². The predicted octanol–water partition coefficient (Wildman–Crippen LogP) is 6.46. The van der Waals surface area contributed by atoms with Crippen molar-refractivity contribution >= 4 is 27.0 Å². The van der Waals surface area contributed by atoms with E-state index in [0.29, 0.717) is 29.0 Å². The highest BCUT2D eigenvalue weighted by Crippen LogP contribution is 2.33. The Morgan fingerprint density at radius 2 is 1.68 bits per heavy atom. The molecule has 0 spiro atoms. The summed E-state index contributed by atoms with van der Waals surface area (Å²) in [6.07, 6.45) is -2.60. The minimum atomic E-state index is -2.60. The molecule has 0 aliphatic rings. The second-order valence-electron chi connectivity index (χ2n) is 6.83. The largest absolute Gasteiger partial charge is 0.264 e. The Bertz CT molecular complexity index is 1130. The molecule has 0 aliphatic heterocycles. The van der Waals surface area contributed by atoms with E-state index < -0.39 is 6.43 Å². The first-order valence-electron chi connectivity index (χ1n) is 8.90. The molecule has 4 rings (SSSR count). The number of fused-ring (bicyclic) bond motifs is 1. The molecule has 2 aromatic heterocycles. The van der Waals surface area contributed by atoms with Crippen molar-refractivity contribution < 1.29 is 8.78 Å². The zero-order valence-electron chi connectivity index (χ0n) is 15.5. The average molecular weight is 442 g/mol. The van der Waals surface area contributed by atoms with E-state index in [9.17, 15) is 8.78 Å². The maximum absolute atomic E-state index is 13.8. The van der Waals surface area contributed by atoms with Crippen molar-refractivity contribution in [3.63, 3.8) is 0 Å². The Morgan fingerprint density at radius 3 is 2.32 bits per heavy atom. The van der Waals surface area contributed by atoms with Crippen LogP contribution in [0.4, 0.5) is 8.78 Å². The summed E-state index contributed by atoms with van der Waals surface area (Å²) in [6, 6.07) is 17.0. The van der Waals surface area contributed by atoms with Crippen molar-refractivity contribution in [3.05, 3.63) is 81.5 Å². The third-order valence-electron chi connectivity index (χ3n) is 4.74.